The molecule has 0 aliphatic rings. The molecular weight excluding hydrogens is 260 g/mol. The number of thiocarbonyl (C=S) groups is 1. The predicted molar refractivity (Wildman–Crippen MR) is 83.2 cm³/mol. The number of nitrogens with one attached hydrogen (secondary N) is 2. The van der Waals surface area contributed by atoms with Crippen molar-refractivity contribution < 1.29 is 9.47 Å². The van der Waals surface area contributed by atoms with Gasteiger partial charge in [-0.15, -0.1) is 0 Å². The van der Waals surface area contributed by atoms with Gasteiger partial charge in [-0.05, 0) is 36.7 Å². The molecule has 0 aliphatic heterocycles. The van der Waals surface area contributed by atoms with Crippen LogP contribution in [0.4, 0.5) is 5.69 Å². The zero-order valence-corrected chi connectivity index (χ0v) is 12.8. The van der Waals surface area contributed by atoms with Crippen LogP contribution < -0.4 is 20.1 Å². The molecule has 0 aromatic heterocycles. The number of benzene rings is 1. The van der Waals surface area contributed by atoms with E-state index in [2.05, 4.69) is 24.5 Å². The van der Waals surface area contributed by atoms with E-state index in [1.54, 1.807) is 14.2 Å². The summed E-state index contributed by atoms with van der Waals surface area (Å²) < 4.78 is 10.4. The minimum Gasteiger partial charge on any atom is -0.493 e. The van der Waals surface area contributed by atoms with Crippen LogP contribution in [-0.4, -0.2) is 25.9 Å². The Hall–Kier alpha value is -1.49. The first kappa shape index (κ1) is 15.6. The van der Waals surface area contributed by atoms with Gasteiger partial charge in [0.2, 0.25) is 0 Å². The Labute approximate surface area is 120 Å². The molecule has 0 spiro atoms. The van der Waals surface area contributed by atoms with Gasteiger partial charge in [-0.3, -0.25) is 0 Å². The van der Waals surface area contributed by atoms with Crippen LogP contribution in [0.5, 0.6) is 11.5 Å². The molecule has 0 bridgehead atoms. The fourth-order valence-electron chi connectivity index (χ4n) is 1.56. The summed E-state index contributed by atoms with van der Waals surface area (Å²) >= 11 is 5.23. The van der Waals surface area contributed by atoms with Crippen LogP contribution >= 0.6 is 12.2 Å². The van der Waals surface area contributed by atoms with Gasteiger partial charge in [0, 0.05) is 18.3 Å². The molecule has 0 atom stereocenters. The summed E-state index contributed by atoms with van der Waals surface area (Å²) in [5.41, 5.74) is 0.875. The molecule has 106 valence electrons. The van der Waals surface area contributed by atoms with E-state index in [9.17, 15) is 0 Å². The molecule has 0 aliphatic carbocycles. The summed E-state index contributed by atoms with van der Waals surface area (Å²) in [5.74, 6) is 2.04. The van der Waals surface area contributed by atoms with Gasteiger partial charge in [0.05, 0.1) is 14.2 Å². The normalized spacial score (nSPS) is 10.2. The number of hydrogen-bond donors (Lipinski definition) is 2. The molecule has 2 N–H and O–H groups in total. The Balaban J connectivity index is 2.54. The molecule has 5 heteroatoms. The van der Waals surface area contributed by atoms with Crippen molar-refractivity contribution in [2.45, 2.75) is 20.3 Å². The number of anilines is 1. The van der Waals surface area contributed by atoms with Crippen molar-refractivity contribution in [2.75, 3.05) is 26.1 Å². The molecule has 0 unspecified atom stereocenters. The van der Waals surface area contributed by atoms with Gasteiger partial charge in [0.25, 0.3) is 0 Å². The highest BCUT2D eigenvalue weighted by Gasteiger charge is 2.05. The summed E-state index contributed by atoms with van der Waals surface area (Å²) in [7, 11) is 3.23. The maximum atomic E-state index is 5.24. The van der Waals surface area contributed by atoms with Crippen molar-refractivity contribution in [1.29, 1.82) is 0 Å². The van der Waals surface area contributed by atoms with E-state index in [0.717, 1.165) is 18.7 Å². The Morgan fingerprint density at radius 3 is 2.47 bits per heavy atom. The molecule has 1 aromatic carbocycles. The predicted octanol–water partition coefficient (Wildman–Crippen LogP) is 3.04. The van der Waals surface area contributed by atoms with E-state index >= 15 is 0 Å². The maximum Gasteiger partial charge on any atom is 0.170 e. The van der Waals surface area contributed by atoms with Crippen LogP contribution in [0.15, 0.2) is 18.2 Å². The monoisotopic (exact) mass is 282 g/mol. The summed E-state index contributed by atoms with van der Waals surface area (Å²) in [5, 5.41) is 6.92. The van der Waals surface area contributed by atoms with Crippen LogP contribution in [0.1, 0.15) is 20.3 Å². The van der Waals surface area contributed by atoms with E-state index in [1.807, 2.05) is 18.2 Å². The SMILES string of the molecule is COc1ccc(NC(=S)NCCC(C)C)cc1OC. The number of hydrogen-bond acceptors (Lipinski definition) is 3. The van der Waals surface area contributed by atoms with Crippen molar-refractivity contribution >= 4 is 23.0 Å². The average molecular weight is 282 g/mol. The first-order valence-corrected chi connectivity index (χ1v) is 6.74. The molecule has 0 fully saturated rings. The largest absolute Gasteiger partial charge is 0.493 e. The van der Waals surface area contributed by atoms with Crippen molar-refractivity contribution in [1.82, 2.24) is 5.32 Å². The quantitative estimate of drug-likeness (QED) is 0.785. The Kier molecular flexibility index (Phi) is 6.42. The minimum absolute atomic E-state index is 0.618. The van der Waals surface area contributed by atoms with Crippen molar-refractivity contribution in [3.8, 4) is 11.5 Å². The number of methoxy groups -OCH3 is 2. The summed E-state index contributed by atoms with van der Waals surface area (Å²) in [6.45, 7) is 5.25. The van der Waals surface area contributed by atoms with Gasteiger partial charge < -0.3 is 20.1 Å². The fraction of sp³-hybridized carbons (Fsp3) is 0.500. The van der Waals surface area contributed by atoms with Crippen LogP contribution in [0.3, 0.4) is 0 Å². The molecule has 1 aromatic rings. The van der Waals surface area contributed by atoms with Gasteiger partial charge >= 0.3 is 0 Å². The first-order chi connectivity index (χ1) is 9.06. The third-order valence-electron chi connectivity index (χ3n) is 2.65. The maximum absolute atomic E-state index is 5.24. The molecule has 0 saturated carbocycles. The Morgan fingerprint density at radius 2 is 1.89 bits per heavy atom. The van der Waals surface area contributed by atoms with Crippen LogP contribution in [0.2, 0.25) is 0 Å². The lowest BCUT2D eigenvalue weighted by Crippen LogP contribution is -2.29. The van der Waals surface area contributed by atoms with Crippen molar-refractivity contribution in [2.24, 2.45) is 5.92 Å². The highest BCUT2D eigenvalue weighted by atomic mass is 32.1. The molecule has 0 amide bonds. The zero-order chi connectivity index (χ0) is 14.3. The highest BCUT2D eigenvalue weighted by molar-refractivity contribution is 7.80. The van der Waals surface area contributed by atoms with E-state index in [1.165, 1.54) is 0 Å². The minimum atomic E-state index is 0.618. The van der Waals surface area contributed by atoms with Crippen LogP contribution in [0.25, 0.3) is 0 Å². The van der Waals surface area contributed by atoms with Crippen molar-refractivity contribution in [3.05, 3.63) is 18.2 Å². The van der Waals surface area contributed by atoms with E-state index in [4.69, 9.17) is 21.7 Å². The third-order valence-corrected chi connectivity index (χ3v) is 2.90. The van der Waals surface area contributed by atoms with Crippen LogP contribution in [-0.2, 0) is 0 Å². The smallest absolute Gasteiger partial charge is 0.170 e. The summed E-state index contributed by atoms with van der Waals surface area (Å²) in [4.78, 5) is 0. The molecule has 0 radical (unpaired) electrons. The first-order valence-electron chi connectivity index (χ1n) is 6.33. The van der Waals surface area contributed by atoms with E-state index in [0.29, 0.717) is 22.5 Å². The molecule has 0 saturated heterocycles. The lowest BCUT2D eigenvalue weighted by atomic mass is 10.1. The average Bonchev–Trinajstić information content (AvgIpc) is 2.38. The molecule has 1 rings (SSSR count). The van der Waals surface area contributed by atoms with Gasteiger partial charge in [0.15, 0.2) is 16.6 Å². The molecule has 0 heterocycles. The van der Waals surface area contributed by atoms with Gasteiger partial charge in [0.1, 0.15) is 0 Å². The number of ether oxygens (including phenoxy) is 2. The summed E-state index contributed by atoms with van der Waals surface area (Å²) in [6.07, 6.45) is 1.09. The molecular formula is C14H22N2O2S. The lowest BCUT2D eigenvalue weighted by molar-refractivity contribution is 0.355. The topological polar surface area (TPSA) is 42.5 Å². The van der Waals surface area contributed by atoms with E-state index < -0.39 is 0 Å². The molecule has 19 heavy (non-hydrogen) atoms. The summed E-state index contributed by atoms with van der Waals surface area (Å²) in [6, 6.07) is 5.60. The second-order valence-electron chi connectivity index (χ2n) is 4.63. The molecule has 4 nitrogen and oxygen atoms in total. The Morgan fingerprint density at radius 1 is 1.21 bits per heavy atom. The Bertz CT molecular complexity index is 422. The van der Waals surface area contributed by atoms with E-state index in [-0.39, 0.29) is 0 Å². The fourth-order valence-corrected chi connectivity index (χ4v) is 1.78. The highest BCUT2D eigenvalue weighted by Crippen LogP contribution is 2.29. The second-order valence-corrected chi connectivity index (χ2v) is 5.04. The zero-order valence-electron chi connectivity index (χ0n) is 11.9. The van der Waals surface area contributed by atoms with Crippen LogP contribution in [0, 0.1) is 5.92 Å². The van der Waals surface area contributed by atoms with Crippen molar-refractivity contribution in [3.63, 3.8) is 0 Å². The van der Waals surface area contributed by atoms with Gasteiger partial charge in [-0.2, -0.15) is 0 Å². The third kappa shape index (κ3) is 5.34. The van der Waals surface area contributed by atoms with Gasteiger partial charge in [-0.1, -0.05) is 13.8 Å². The standard InChI is InChI=1S/C14H22N2O2S/c1-10(2)7-8-15-14(19)16-11-5-6-12(17-3)13(9-11)18-4/h5-6,9-10H,7-8H2,1-4H3,(H2,15,16,19). The number of rotatable bonds is 6. The second kappa shape index (κ2) is 7.84. The van der Waals surface area contributed by atoms with Gasteiger partial charge in [-0.25, -0.2) is 0 Å². The lowest BCUT2D eigenvalue weighted by Gasteiger charge is -2.13.